The molecule has 0 aliphatic heterocycles. The van der Waals surface area contributed by atoms with Crippen LogP contribution in [0.4, 0.5) is 5.69 Å². The molecule has 3 aromatic rings. The summed E-state index contributed by atoms with van der Waals surface area (Å²) in [5, 5.41) is 2.87. The first-order valence-corrected chi connectivity index (χ1v) is 9.98. The molecule has 8 nitrogen and oxygen atoms in total. The maximum absolute atomic E-state index is 13.0. The van der Waals surface area contributed by atoms with Crippen LogP contribution in [0.5, 0.6) is 0 Å². The number of aryl methyl sites for hydroxylation is 1. The number of para-hydroxylation sites is 2. The van der Waals surface area contributed by atoms with Crippen LogP contribution in [0.1, 0.15) is 11.1 Å². The molecule has 0 aliphatic rings. The number of nitrogens with one attached hydrogen (secondary N) is 1. The van der Waals surface area contributed by atoms with E-state index in [1.54, 1.807) is 18.2 Å². The van der Waals surface area contributed by atoms with E-state index in [4.69, 9.17) is 4.74 Å². The zero-order valence-electron chi connectivity index (χ0n) is 17.9. The van der Waals surface area contributed by atoms with E-state index in [2.05, 4.69) is 10.3 Å². The van der Waals surface area contributed by atoms with Crippen LogP contribution in [0.2, 0.25) is 0 Å². The highest BCUT2D eigenvalue weighted by molar-refractivity contribution is 5.95. The lowest BCUT2D eigenvalue weighted by molar-refractivity contribution is -0.135. The summed E-state index contributed by atoms with van der Waals surface area (Å²) < 4.78 is 6.47. The molecule has 8 heteroatoms. The van der Waals surface area contributed by atoms with Crippen LogP contribution in [-0.2, 0) is 20.9 Å². The van der Waals surface area contributed by atoms with Gasteiger partial charge in [0.25, 0.3) is 5.56 Å². The molecule has 1 aromatic heterocycles. The van der Waals surface area contributed by atoms with Crippen molar-refractivity contribution in [3.63, 3.8) is 0 Å². The predicted molar refractivity (Wildman–Crippen MR) is 119 cm³/mol. The topological polar surface area (TPSA) is 93.5 Å². The van der Waals surface area contributed by atoms with Gasteiger partial charge >= 0.3 is 0 Å². The van der Waals surface area contributed by atoms with E-state index >= 15 is 0 Å². The van der Waals surface area contributed by atoms with Gasteiger partial charge in [0.2, 0.25) is 11.8 Å². The Kier molecular flexibility index (Phi) is 7.15. The van der Waals surface area contributed by atoms with Gasteiger partial charge in [-0.1, -0.05) is 24.3 Å². The number of hydrogen-bond acceptors (Lipinski definition) is 5. The SMILES string of the molecule is COCCN(CC(=O)Nc1cccc(C)c1C)C(=O)Cn1c(=O)cnc2ccccc21. The summed E-state index contributed by atoms with van der Waals surface area (Å²) in [4.78, 5) is 43.6. The van der Waals surface area contributed by atoms with E-state index in [1.165, 1.54) is 22.8 Å². The molecule has 0 saturated carbocycles. The fourth-order valence-corrected chi connectivity index (χ4v) is 3.26. The van der Waals surface area contributed by atoms with Gasteiger partial charge in [0, 0.05) is 19.3 Å². The Hall–Kier alpha value is -3.52. The van der Waals surface area contributed by atoms with E-state index in [9.17, 15) is 14.4 Å². The fourth-order valence-electron chi connectivity index (χ4n) is 3.26. The third-order valence-electron chi connectivity index (χ3n) is 5.18. The van der Waals surface area contributed by atoms with Crippen LogP contribution >= 0.6 is 0 Å². The zero-order valence-corrected chi connectivity index (χ0v) is 17.9. The molecule has 1 N–H and O–H groups in total. The number of hydrogen-bond donors (Lipinski definition) is 1. The highest BCUT2D eigenvalue weighted by atomic mass is 16.5. The number of benzene rings is 2. The van der Waals surface area contributed by atoms with E-state index in [-0.39, 0.29) is 43.6 Å². The maximum Gasteiger partial charge on any atom is 0.269 e. The van der Waals surface area contributed by atoms with E-state index in [0.29, 0.717) is 16.7 Å². The van der Waals surface area contributed by atoms with Crippen molar-refractivity contribution in [2.75, 3.05) is 32.1 Å². The minimum Gasteiger partial charge on any atom is -0.383 e. The Morgan fingerprint density at radius 1 is 1.13 bits per heavy atom. The third-order valence-corrected chi connectivity index (χ3v) is 5.18. The molecule has 0 bridgehead atoms. The molecule has 0 saturated heterocycles. The van der Waals surface area contributed by atoms with Gasteiger partial charge in [-0.2, -0.15) is 0 Å². The van der Waals surface area contributed by atoms with E-state index in [1.807, 2.05) is 38.1 Å². The standard InChI is InChI=1S/C23H26N4O4/c1-16-7-6-9-18(17(16)2)25-21(28)14-26(11-12-31-3)23(30)15-27-20-10-5-4-8-19(20)24-13-22(27)29/h4-10,13H,11-12,14-15H2,1-3H3,(H,25,28). The van der Waals surface area contributed by atoms with Crippen molar-refractivity contribution in [3.8, 4) is 0 Å². The minimum absolute atomic E-state index is 0.145. The predicted octanol–water partition coefficient (Wildman–Crippen LogP) is 2.13. The molecule has 0 atom stereocenters. The molecular weight excluding hydrogens is 396 g/mol. The lowest BCUT2D eigenvalue weighted by atomic mass is 10.1. The van der Waals surface area contributed by atoms with Gasteiger partial charge in [-0.3, -0.25) is 19.0 Å². The first kappa shape index (κ1) is 22.2. The molecule has 31 heavy (non-hydrogen) atoms. The lowest BCUT2D eigenvalue weighted by Crippen LogP contribution is -2.42. The first-order valence-electron chi connectivity index (χ1n) is 9.98. The third kappa shape index (κ3) is 5.35. The largest absolute Gasteiger partial charge is 0.383 e. The quantitative estimate of drug-likeness (QED) is 0.600. The highest BCUT2D eigenvalue weighted by Gasteiger charge is 2.19. The molecule has 2 aromatic carbocycles. The van der Waals surface area contributed by atoms with Crippen LogP contribution in [0.15, 0.2) is 53.5 Å². The molecule has 162 valence electrons. The van der Waals surface area contributed by atoms with Gasteiger partial charge in [0.05, 0.1) is 23.8 Å². The molecule has 0 aliphatic carbocycles. The first-order chi connectivity index (χ1) is 14.9. The van der Waals surface area contributed by atoms with Crippen molar-refractivity contribution in [2.24, 2.45) is 0 Å². The Morgan fingerprint density at radius 2 is 1.90 bits per heavy atom. The van der Waals surface area contributed by atoms with Crippen molar-refractivity contribution >= 4 is 28.5 Å². The van der Waals surface area contributed by atoms with E-state index in [0.717, 1.165) is 11.1 Å². The normalized spacial score (nSPS) is 10.8. The Bertz CT molecular complexity index is 1160. The summed E-state index contributed by atoms with van der Waals surface area (Å²) in [5.41, 5.74) is 3.55. The molecular formula is C23H26N4O4. The molecule has 1 heterocycles. The molecule has 3 rings (SSSR count). The zero-order chi connectivity index (χ0) is 22.4. The second kappa shape index (κ2) is 9.99. The van der Waals surface area contributed by atoms with Gasteiger partial charge in [-0.25, -0.2) is 4.98 Å². The average Bonchev–Trinajstić information content (AvgIpc) is 2.76. The summed E-state index contributed by atoms with van der Waals surface area (Å²) in [6.45, 7) is 4.06. The Labute approximate surface area is 180 Å². The number of nitrogens with zero attached hydrogens (tertiary/aromatic N) is 3. The van der Waals surface area contributed by atoms with Crippen LogP contribution < -0.4 is 10.9 Å². The van der Waals surface area contributed by atoms with Crippen molar-refractivity contribution in [2.45, 2.75) is 20.4 Å². The molecule has 0 unspecified atom stereocenters. The van der Waals surface area contributed by atoms with Crippen LogP contribution in [0, 0.1) is 13.8 Å². The summed E-state index contributed by atoms with van der Waals surface area (Å²) in [5.74, 6) is -0.670. The minimum atomic E-state index is -0.376. The number of amides is 2. The van der Waals surface area contributed by atoms with Crippen molar-refractivity contribution in [1.29, 1.82) is 0 Å². The van der Waals surface area contributed by atoms with Gasteiger partial charge in [-0.15, -0.1) is 0 Å². The maximum atomic E-state index is 13.0. The van der Waals surface area contributed by atoms with Crippen molar-refractivity contribution in [1.82, 2.24) is 14.5 Å². The summed E-state index contributed by atoms with van der Waals surface area (Å²) in [6.07, 6.45) is 1.20. The van der Waals surface area contributed by atoms with Gasteiger partial charge in [-0.05, 0) is 43.2 Å². The molecule has 0 fully saturated rings. The number of aromatic nitrogens is 2. The number of carbonyl (C=O) groups is 2. The number of rotatable bonds is 8. The summed E-state index contributed by atoms with van der Waals surface area (Å²) >= 11 is 0. The van der Waals surface area contributed by atoms with Gasteiger partial charge in [0.15, 0.2) is 0 Å². The van der Waals surface area contributed by atoms with Crippen LogP contribution in [0.3, 0.4) is 0 Å². The fraction of sp³-hybridized carbons (Fsp3) is 0.304. The van der Waals surface area contributed by atoms with Gasteiger partial charge in [0.1, 0.15) is 13.1 Å². The van der Waals surface area contributed by atoms with Crippen molar-refractivity contribution < 1.29 is 14.3 Å². The van der Waals surface area contributed by atoms with Gasteiger partial charge < -0.3 is 15.0 Å². The molecule has 2 amide bonds. The second-order valence-electron chi connectivity index (χ2n) is 7.28. The van der Waals surface area contributed by atoms with Crippen molar-refractivity contribution in [3.05, 3.63) is 70.1 Å². The smallest absolute Gasteiger partial charge is 0.269 e. The second-order valence-corrected chi connectivity index (χ2v) is 7.28. The number of ether oxygens (including phenoxy) is 1. The van der Waals surface area contributed by atoms with Crippen LogP contribution in [0.25, 0.3) is 11.0 Å². The Morgan fingerprint density at radius 3 is 2.68 bits per heavy atom. The number of carbonyl (C=O) groups excluding carboxylic acids is 2. The average molecular weight is 422 g/mol. The number of anilines is 1. The number of methoxy groups -OCH3 is 1. The summed E-state index contributed by atoms with van der Waals surface area (Å²) in [7, 11) is 1.53. The number of fused-ring (bicyclic) bond motifs is 1. The van der Waals surface area contributed by atoms with Crippen LogP contribution in [-0.4, -0.2) is 53.1 Å². The van der Waals surface area contributed by atoms with E-state index < -0.39 is 0 Å². The lowest BCUT2D eigenvalue weighted by Gasteiger charge is -2.23. The monoisotopic (exact) mass is 422 g/mol. The molecule has 0 radical (unpaired) electrons. The molecule has 0 spiro atoms. The summed E-state index contributed by atoms with van der Waals surface area (Å²) in [6, 6.07) is 12.8. The highest BCUT2D eigenvalue weighted by Crippen LogP contribution is 2.18. The Balaban J connectivity index is 1.78.